The monoisotopic (exact) mass is 354 g/mol. The van der Waals surface area contributed by atoms with E-state index >= 15 is 0 Å². The minimum atomic E-state index is 0.789. The lowest BCUT2D eigenvalue weighted by atomic mass is 10.1. The third kappa shape index (κ3) is 3.49. The van der Waals surface area contributed by atoms with E-state index in [-0.39, 0.29) is 0 Å². The maximum atomic E-state index is 5.82. The average Bonchev–Trinajstić information content (AvgIpc) is 2.57. The van der Waals surface area contributed by atoms with Crippen molar-refractivity contribution in [3.63, 3.8) is 0 Å². The summed E-state index contributed by atoms with van der Waals surface area (Å²) in [4.78, 5) is 0. The smallest absolute Gasteiger partial charge is 0.127 e. The normalized spacial score (nSPS) is 10.3. The zero-order chi connectivity index (χ0) is 15.4. The van der Waals surface area contributed by atoms with E-state index in [0.717, 1.165) is 27.3 Å². The summed E-state index contributed by atoms with van der Waals surface area (Å²) < 4.78 is 12.0. The fourth-order valence-electron chi connectivity index (χ4n) is 2.14. The molecule has 0 aliphatic carbocycles. The molecule has 0 fully saturated rings. The van der Waals surface area contributed by atoms with Crippen LogP contribution in [0.5, 0.6) is 17.2 Å². The Morgan fingerprint density at radius 3 is 1.50 bits per heavy atom. The Morgan fingerprint density at radius 2 is 1.00 bits per heavy atom. The topological polar surface area (TPSA) is 18.5 Å². The van der Waals surface area contributed by atoms with Crippen LogP contribution in [0.15, 0.2) is 77.3 Å². The molecular weight excluding hydrogens is 340 g/mol. The molecule has 0 aliphatic rings. The summed E-state index contributed by atoms with van der Waals surface area (Å²) in [5.74, 6) is 2.42. The first-order valence-electron chi connectivity index (χ1n) is 6.92. The predicted molar refractivity (Wildman–Crippen MR) is 92.6 cm³/mol. The zero-order valence-corrected chi connectivity index (χ0v) is 13.7. The van der Waals surface area contributed by atoms with Gasteiger partial charge in [-0.05, 0) is 59.7 Å². The quantitative estimate of drug-likeness (QED) is 0.579. The molecule has 0 unspecified atom stereocenters. The van der Waals surface area contributed by atoms with Gasteiger partial charge in [0.05, 0.1) is 7.11 Å². The van der Waals surface area contributed by atoms with Gasteiger partial charge >= 0.3 is 0 Å². The number of rotatable bonds is 4. The first-order valence-corrected chi connectivity index (χ1v) is 7.72. The molecule has 0 saturated heterocycles. The van der Waals surface area contributed by atoms with Gasteiger partial charge in [0.1, 0.15) is 17.2 Å². The molecule has 110 valence electrons. The molecule has 0 bridgehead atoms. The highest BCUT2D eigenvalue weighted by atomic mass is 79.9. The van der Waals surface area contributed by atoms with Crippen molar-refractivity contribution in [1.29, 1.82) is 0 Å². The molecule has 22 heavy (non-hydrogen) atoms. The summed E-state index contributed by atoms with van der Waals surface area (Å²) >= 11 is 3.45. The van der Waals surface area contributed by atoms with Crippen LogP contribution in [0.2, 0.25) is 0 Å². The second-order valence-corrected chi connectivity index (χ2v) is 5.72. The van der Waals surface area contributed by atoms with Gasteiger partial charge in [0.15, 0.2) is 0 Å². The van der Waals surface area contributed by atoms with Crippen LogP contribution < -0.4 is 9.47 Å². The molecule has 0 aliphatic heterocycles. The van der Waals surface area contributed by atoms with Gasteiger partial charge in [-0.3, -0.25) is 0 Å². The Kier molecular flexibility index (Phi) is 4.45. The van der Waals surface area contributed by atoms with E-state index in [0.29, 0.717) is 0 Å². The van der Waals surface area contributed by atoms with Crippen LogP contribution in [0.25, 0.3) is 11.1 Å². The molecule has 0 heterocycles. The van der Waals surface area contributed by atoms with Gasteiger partial charge in [0.2, 0.25) is 0 Å². The summed E-state index contributed by atoms with van der Waals surface area (Å²) in [5, 5.41) is 0. The molecule has 0 atom stereocenters. The van der Waals surface area contributed by atoms with Gasteiger partial charge in [0, 0.05) is 4.47 Å². The highest BCUT2D eigenvalue weighted by molar-refractivity contribution is 9.10. The minimum Gasteiger partial charge on any atom is -0.497 e. The molecule has 0 saturated carbocycles. The van der Waals surface area contributed by atoms with Gasteiger partial charge in [-0.25, -0.2) is 0 Å². The van der Waals surface area contributed by atoms with E-state index in [1.54, 1.807) is 7.11 Å². The van der Waals surface area contributed by atoms with E-state index in [1.165, 1.54) is 5.56 Å². The predicted octanol–water partition coefficient (Wildman–Crippen LogP) is 5.92. The number of halogens is 1. The average molecular weight is 355 g/mol. The van der Waals surface area contributed by atoms with Crippen molar-refractivity contribution in [1.82, 2.24) is 0 Å². The Labute approximate surface area is 138 Å². The molecule has 0 radical (unpaired) electrons. The van der Waals surface area contributed by atoms with Crippen LogP contribution in [0, 0.1) is 0 Å². The summed E-state index contributed by atoms with van der Waals surface area (Å²) in [6.45, 7) is 0. The highest BCUT2D eigenvalue weighted by Gasteiger charge is 2.01. The van der Waals surface area contributed by atoms with E-state index in [9.17, 15) is 0 Å². The SMILES string of the molecule is COc1ccc(Oc2ccc(-c3ccc(Br)cc3)cc2)cc1. The standard InChI is InChI=1S/C19H15BrO2/c1-21-17-10-12-19(13-11-17)22-18-8-4-15(5-9-18)14-2-6-16(20)7-3-14/h2-13H,1H3. The molecule has 3 rings (SSSR count). The van der Waals surface area contributed by atoms with Crippen LogP contribution in [-0.4, -0.2) is 7.11 Å². The Morgan fingerprint density at radius 1 is 0.591 bits per heavy atom. The van der Waals surface area contributed by atoms with Crippen LogP contribution >= 0.6 is 15.9 Å². The number of methoxy groups -OCH3 is 1. The van der Waals surface area contributed by atoms with Gasteiger partial charge in [-0.2, -0.15) is 0 Å². The lowest BCUT2D eigenvalue weighted by Crippen LogP contribution is -1.86. The van der Waals surface area contributed by atoms with Crippen molar-refractivity contribution in [2.75, 3.05) is 7.11 Å². The van der Waals surface area contributed by atoms with Crippen LogP contribution in [0.3, 0.4) is 0 Å². The molecule has 0 amide bonds. The number of ether oxygens (including phenoxy) is 2. The molecule has 2 nitrogen and oxygen atoms in total. The molecule has 0 spiro atoms. The fourth-order valence-corrected chi connectivity index (χ4v) is 2.40. The van der Waals surface area contributed by atoms with Crippen LogP contribution in [0.4, 0.5) is 0 Å². The van der Waals surface area contributed by atoms with E-state index in [4.69, 9.17) is 9.47 Å². The second kappa shape index (κ2) is 6.67. The Bertz CT molecular complexity index is 732. The first-order chi connectivity index (χ1) is 10.7. The van der Waals surface area contributed by atoms with Crippen molar-refractivity contribution < 1.29 is 9.47 Å². The van der Waals surface area contributed by atoms with Gasteiger partial charge in [0.25, 0.3) is 0 Å². The van der Waals surface area contributed by atoms with Gasteiger partial charge in [-0.1, -0.05) is 40.2 Å². The maximum Gasteiger partial charge on any atom is 0.127 e. The lowest BCUT2D eigenvalue weighted by Gasteiger charge is -2.08. The third-order valence-corrected chi connectivity index (χ3v) is 3.86. The largest absolute Gasteiger partial charge is 0.497 e. The molecule has 3 heteroatoms. The molecule has 0 N–H and O–H groups in total. The van der Waals surface area contributed by atoms with Crippen molar-refractivity contribution in [3.8, 4) is 28.4 Å². The molecular formula is C19H15BrO2. The highest BCUT2D eigenvalue weighted by Crippen LogP contribution is 2.27. The number of hydrogen-bond donors (Lipinski definition) is 0. The minimum absolute atomic E-state index is 0.789. The Hall–Kier alpha value is -2.26. The first kappa shape index (κ1) is 14.7. The van der Waals surface area contributed by atoms with E-state index in [1.807, 2.05) is 48.5 Å². The second-order valence-electron chi connectivity index (χ2n) is 4.81. The third-order valence-electron chi connectivity index (χ3n) is 3.33. The molecule has 0 aromatic heterocycles. The molecule has 3 aromatic rings. The van der Waals surface area contributed by atoms with Crippen molar-refractivity contribution >= 4 is 15.9 Å². The zero-order valence-electron chi connectivity index (χ0n) is 12.1. The maximum absolute atomic E-state index is 5.82. The van der Waals surface area contributed by atoms with Gasteiger partial charge < -0.3 is 9.47 Å². The fraction of sp³-hybridized carbons (Fsp3) is 0.0526. The van der Waals surface area contributed by atoms with Crippen molar-refractivity contribution in [2.45, 2.75) is 0 Å². The van der Waals surface area contributed by atoms with E-state index in [2.05, 4.69) is 40.2 Å². The van der Waals surface area contributed by atoms with Crippen molar-refractivity contribution in [2.24, 2.45) is 0 Å². The Balaban J connectivity index is 1.74. The summed E-state index contributed by atoms with van der Waals surface area (Å²) in [6, 6.07) is 23.9. The number of hydrogen-bond acceptors (Lipinski definition) is 2. The molecule has 3 aromatic carbocycles. The number of benzene rings is 3. The van der Waals surface area contributed by atoms with Crippen LogP contribution in [-0.2, 0) is 0 Å². The summed E-state index contributed by atoms with van der Waals surface area (Å²) in [5.41, 5.74) is 2.34. The van der Waals surface area contributed by atoms with Crippen molar-refractivity contribution in [3.05, 3.63) is 77.3 Å². The van der Waals surface area contributed by atoms with Crippen LogP contribution in [0.1, 0.15) is 0 Å². The summed E-state index contributed by atoms with van der Waals surface area (Å²) in [7, 11) is 1.65. The van der Waals surface area contributed by atoms with E-state index < -0.39 is 0 Å². The lowest BCUT2D eigenvalue weighted by molar-refractivity contribution is 0.413. The van der Waals surface area contributed by atoms with Gasteiger partial charge in [-0.15, -0.1) is 0 Å². The summed E-state index contributed by atoms with van der Waals surface area (Å²) in [6.07, 6.45) is 0.